The Labute approximate surface area is 135 Å². The van der Waals surface area contributed by atoms with Crippen LogP contribution in [0.2, 0.25) is 0 Å². The highest BCUT2D eigenvalue weighted by Crippen LogP contribution is 2.34. The van der Waals surface area contributed by atoms with Crippen LogP contribution in [0.25, 0.3) is 10.9 Å². The molecule has 0 amide bonds. The summed E-state index contributed by atoms with van der Waals surface area (Å²) in [5, 5.41) is 3.59. The van der Waals surface area contributed by atoms with Gasteiger partial charge in [-0.2, -0.15) is 0 Å². The van der Waals surface area contributed by atoms with Crippen molar-refractivity contribution >= 4 is 20.7 Å². The Balaban J connectivity index is 2.11. The van der Waals surface area contributed by atoms with Gasteiger partial charge < -0.3 is 15.0 Å². The molecule has 0 bridgehead atoms. The van der Waals surface area contributed by atoms with E-state index in [1.54, 1.807) is 36.4 Å². The van der Waals surface area contributed by atoms with E-state index in [2.05, 4.69) is 10.3 Å². The first-order valence-electron chi connectivity index (χ1n) is 7.32. The molecule has 2 N–H and O–H groups in total. The molecule has 0 aliphatic heterocycles. The highest BCUT2D eigenvalue weighted by Gasteiger charge is 2.23. The van der Waals surface area contributed by atoms with Gasteiger partial charge in [0.1, 0.15) is 17.3 Å². The van der Waals surface area contributed by atoms with Crippen molar-refractivity contribution < 1.29 is 13.2 Å². The Morgan fingerprint density at radius 2 is 1.87 bits per heavy atom. The first kappa shape index (κ1) is 15.6. The van der Waals surface area contributed by atoms with Crippen LogP contribution in [0.15, 0.2) is 64.5 Å². The Morgan fingerprint density at radius 1 is 1.09 bits per heavy atom. The third-order valence-electron chi connectivity index (χ3n) is 3.58. The molecule has 0 aliphatic rings. The first-order valence-corrected chi connectivity index (χ1v) is 8.80. The average Bonchev–Trinajstić information content (AvgIpc) is 3.02. The van der Waals surface area contributed by atoms with Gasteiger partial charge in [-0.05, 0) is 31.3 Å². The summed E-state index contributed by atoms with van der Waals surface area (Å²) in [5.74, 6) is 0.563. The zero-order valence-corrected chi connectivity index (χ0v) is 13.6. The van der Waals surface area contributed by atoms with E-state index in [1.165, 1.54) is 6.20 Å². The predicted octanol–water partition coefficient (Wildman–Crippen LogP) is 2.60. The summed E-state index contributed by atoms with van der Waals surface area (Å²) in [7, 11) is -1.76. The molecule has 23 heavy (non-hydrogen) atoms. The van der Waals surface area contributed by atoms with Gasteiger partial charge in [-0.1, -0.05) is 24.3 Å². The summed E-state index contributed by atoms with van der Waals surface area (Å²) in [6.07, 6.45) is 1.53. The first-order chi connectivity index (χ1) is 11.1. The van der Waals surface area contributed by atoms with Crippen LogP contribution in [0.4, 0.5) is 0 Å². The lowest BCUT2D eigenvalue weighted by molar-refractivity contribution is 0.322. The van der Waals surface area contributed by atoms with Crippen LogP contribution in [0.5, 0.6) is 5.75 Å². The van der Waals surface area contributed by atoms with Crippen LogP contribution >= 0.6 is 0 Å². The van der Waals surface area contributed by atoms with E-state index in [1.807, 2.05) is 19.2 Å². The summed E-state index contributed by atoms with van der Waals surface area (Å²) in [6, 6.07) is 13.9. The molecule has 1 heterocycles. The summed E-state index contributed by atoms with van der Waals surface area (Å²) in [5.41, 5.74) is 0.737. The van der Waals surface area contributed by atoms with E-state index in [0.717, 1.165) is 5.52 Å². The fraction of sp³-hybridized carbons (Fsp3) is 0.176. The number of likely N-dealkylation sites (N-methyl/N-ethyl adjacent to an activating group) is 1. The Bertz CT molecular complexity index is 902. The van der Waals surface area contributed by atoms with Crippen LogP contribution in [0.1, 0.15) is 0 Å². The second-order valence-electron chi connectivity index (χ2n) is 5.10. The second-order valence-corrected chi connectivity index (χ2v) is 7.02. The van der Waals surface area contributed by atoms with Gasteiger partial charge in [-0.3, -0.25) is 0 Å². The van der Waals surface area contributed by atoms with Gasteiger partial charge in [0.25, 0.3) is 0 Å². The van der Waals surface area contributed by atoms with Gasteiger partial charge in [0.2, 0.25) is 9.84 Å². The number of benzene rings is 2. The fourth-order valence-corrected chi connectivity index (χ4v) is 3.91. The normalized spacial score (nSPS) is 11.7. The number of nitrogens with one attached hydrogen (secondary N) is 2. The highest BCUT2D eigenvalue weighted by atomic mass is 32.2. The second kappa shape index (κ2) is 6.44. The number of rotatable bonds is 6. The fourth-order valence-electron chi connectivity index (χ4n) is 2.44. The molecule has 5 nitrogen and oxygen atoms in total. The van der Waals surface area contributed by atoms with Crippen molar-refractivity contribution in [3.63, 3.8) is 0 Å². The highest BCUT2D eigenvalue weighted by molar-refractivity contribution is 7.91. The average molecular weight is 330 g/mol. The molecular weight excluding hydrogens is 312 g/mol. The topological polar surface area (TPSA) is 71.2 Å². The van der Waals surface area contributed by atoms with Crippen molar-refractivity contribution in [2.24, 2.45) is 0 Å². The Hall–Kier alpha value is -2.31. The molecular formula is C17H18N2O3S. The van der Waals surface area contributed by atoms with Gasteiger partial charge in [0, 0.05) is 12.7 Å². The van der Waals surface area contributed by atoms with E-state index in [9.17, 15) is 8.42 Å². The standard InChI is InChI=1S/C17H18N2O3S/c1-18-10-11-22-15-9-5-8-14-17(15)16(12-19-14)23(20,21)13-6-3-2-4-7-13/h2-9,12,18-19H,10-11H2,1H3. The van der Waals surface area contributed by atoms with Crippen molar-refractivity contribution in [3.05, 3.63) is 54.7 Å². The number of aromatic amines is 1. The Kier molecular flexibility index (Phi) is 4.36. The van der Waals surface area contributed by atoms with Crippen LogP contribution in [-0.2, 0) is 9.84 Å². The van der Waals surface area contributed by atoms with E-state index >= 15 is 0 Å². The minimum absolute atomic E-state index is 0.235. The zero-order chi connectivity index (χ0) is 16.3. The van der Waals surface area contributed by atoms with Crippen molar-refractivity contribution in [2.75, 3.05) is 20.2 Å². The van der Waals surface area contributed by atoms with Gasteiger partial charge >= 0.3 is 0 Å². The lowest BCUT2D eigenvalue weighted by atomic mass is 10.2. The van der Waals surface area contributed by atoms with Crippen molar-refractivity contribution in [1.82, 2.24) is 10.3 Å². The molecule has 0 saturated heterocycles. The quantitative estimate of drug-likeness (QED) is 0.682. The van der Waals surface area contributed by atoms with E-state index in [0.29, 0.717) is 24.3 Å². The zero-order valence-electron chi connectivity index (χ0n) is 12.7. The van der Waals surface area contributed by atoms with Crippen LogP contribution in [-0.4, -0.2) is 33.6 Å². The number of hydrogen-bond acceptors (Lipinski definition) is 4. The van der Waals surface area contributed by atoms with Crippen LogP contribution in [0, 0.1) is 0 Å². The maximum absolute atomic E-state index is 12.9. The van der Waals surface area contributed by atoms with Gasteiger partial charge in [0.05, 0.1) is 15.8 Å². The molecule has 3 rings (SSSR count). The molecule has 6 heteroatoms. The molecule has 1 aromatic heterocycles. The van der Waals surface area contributed by atoms with Crippen molar-refractivity contribution in [1.29, 1.82) is 0 Å². The van der Waals surface area contributed by atoms with Crippen LogP contribution < -0.4 is 10.1 Å². The third kappa shape index (κ3) is 2.95. The molecule has 0 unspecified atom stereocenters. The minimum atomic E-state index is -3.60. The summed E-state index contributed by atoms with van der Waals surface area (Å²) < 4.78 is 31.5. The number of aromatic nitrogens is 1. The van der Waals surface area contributed by atoms with E-state index < -0.39 is 9.84 Å². The summed E-state index contributed by atoms with van der Waals surface area (Å²) >= 11 is 0. The Morgan fingerprint density at radius 3 is 2.61 bits per heavy atom. The maximum atomic E-state index is 12.9. The molecule has 0 radical (unpaired) electrons. The van der Waals surface area contributed by atoms with E-state index in [4.69, 9.17) is 4.74 Å². The monoisotopic (exact) mass is 330 g/mol. The lowest BCUT2D eigenvalue weighted by Gasteiger charge is -2.09. The van der Waals surface area contributed by atoms with Gasteiger partial charge in [-0.15, -0.1) is 0 Å². The molecule has 0 aliphatic carbocycles. The molecule has 0 fully saturated rings. The third-order valence-corrected chi connectivity index (χ3v) is 5.38. The van der Waals surface area contributed by atoms with Crippen molar-refractivity contribution in [3.8, 4) is 5.75 Å². The largest absolute Gasteiger partial charge is 0.492 e. The van der Waals surface area contributed by atoms with E-state index in [-0.39, 0.29) is 9.79 Å². The number of fused-ring (bicyclic) bond motifs is 1. The summed E-state index contributed by atoms with van der Waals surface area (Å²) in [6.45, 7) is 1.15. The van der Waals surface area contributed by atoms with Gasteiger partial charge in [0.15, 0.2) is 0 Å². The van der Waals surface area contributed by atoms with Gasteiger partial charge in [-0.25, -0.2) is 8.42 Å². The smallest absolute Gasteiger partial charge is 0.208 e. The number of hydrogen-bond donors (Lipinski definition) is 2. The lowest BCUT2D eigenvalue weighted by Crippen LogP contribution is -2.16. The number of sulfone groups is 1. The molecule has 0 saturated carbocycles. The minimum Gasteiger partial charge on any atom is -0.492 e. The maximum Gasteiger partial charge on any atom is 0.208 e. The van der Waals surface area contributed by atoms with Crippen LogP contribution in [0.3, 0.4) is 0 Å². The molecule has 0 spiro atoms. The van der Waals surface area contributed by atoms with Crippen molar-refractivity contribution in [2.45, 2.75) is 9.79 Å². The molecule has 120 valence electrons. The molecule has 0 atom stereocenters. The number of H-pyrrole nitrogens is 1. The predicted molar refractivity (Wildman–Crippen MR) is 89.6 cm³/mol. The number of ether oxygens (including phenoxy) is 1. The molecule has 3 aromatic rings. The summed E-state index contributed by atoms with van der Waals surface area (Å²) in [4.78, 5) is 3.52. The SMILES string of the molecule is CNCCOc1cccc2[nH]cc(S(=O)(=O)c3ccccc3)c12. The molecule has 2 aromatic carbocycles.